The second-order valence-electron chi connectivity index (χ2n) is 6.50. The third-order valence-electron chi connectivity index (χ3n) is 2.87. The highest BCUT2D eigenvalue weighted by Crippen LogP contribution is 2.31. The first kappa shape index (κ1) is 16.4. The van der Waals surface area contributed by atoms with E-state index in [-0.39, 0.29) is 24.6 Å². The largest absolute Gasteiger partial charge is 0.460 e. The first-order valence-corrected chi connectivity index (χ1v) is 6.87. The van der Waals surface area contributed by atoms with Crippen LogP contribution in [0.3, 0.4) is 0 Å². The van der Waals surface area contributed by atoms with Crippen LogP contribution >= 0.6 is 0 Å². The zero-order chi connectivity index (χ0) is 14.8. The van der Waals surface area contributed by atoms with Gasteiger partial charge < -0.3 is 19.9 Å². The molecule has 0 aromatic heterocycles. The summed E-state index contributed by atoms with van der Waals surface area (Å²) in [5, 5.41) is 0. The molecule has 0 aliphatic carbocycles. The fourth-order valence-corrected chi connectivity index (χ4v) is 2.23. The molecule has 0 radical (unpaired) electrons. The van der Waals surface area contributed by atoms with E-state index < -0.39 is 17.4 Å². The highest BCUT2D eigenvalue weighted by atomic mass is 16.8. The Morgan fingerprint density at radius 2 is 1.95 bits per heavy atom. The SMILES string of the molecule is CC[C@H]1OC(C)(C)O[C@H]1[C@@H](N)CC(=O)OC(C)(C)C. The summed E-state index contributed by atoms with van der Waals surface area (Å²) >= 11 is 0. The Bertz CT molecular complexity index is 322. The summed E-state index contributed by atoms with van der Waals surface area (Å²) in [5.41, 5.74) is 5.59. The van der Waals surface area contributed by atoms with E-state index in [9.17, 15) is 4.79 Å². The summed E-state index contributed by atoms with van der Waals surface area (Å²) in [4.78, 5) is 11.8. The summed E-state index contributed by atoms with van der Waals surface area (Å²) in [7, 11) is 0. The summed E-state index contributed by atoms with van der Waals surface area (Å²) in [6.45, 7) is 11.2. The second-order valence-corrected chi connectivity index (χ2v) is 6.50. The first-order valence-electron chi connectivity index (χ1n) is 6.87. The van der Waals surface area contributed by atoms with Gasteiger partial charge in [-0.15, -0.1) is 0 Å². The quantitative estimate of drug-likeness (QED) is 0.793. The van der Waals surface area contributed by atoms with Gasteiger partial charge in [0.05, 0.1) is 12.5 Å². The topological polar surface area (TPSA) is 70.8 Å². The van der Waals surface area contributed by atoms with E-state index in [0.717, 1.165) is 6.42 Å². The zero-order valence-electron chi connectivity index (χ0n) is 12.9. The van der Waals surface area contributed by atoms with Gasteiger partial charge in [-0.3, -0.25) is 4.79 Å². The molecule has 1 fully saturated rings. The van der Waals surface area contributed by atoms with E-state index in [0.29, 0.717) is 0 Å². The van der Waals surface area contributed by atoms with Crippen LogP contribution in [0.15, 0.2) is 0 Å². The van der Waals surface area contributed by atoms with Crippen molar-refractivity contribution in [1.82, 2.24) is 0 Å². The fourth-order valence-electron chi connectivity index (χ4n) is 2.23. The van der Waals surface area contributed by atoms with Crippen LogP contribution in [-0.4, -0.2) is 35.6 Å². The molecule has 0 unspecified atom stereocenters. The molecule has 1 aliphatic rings. The fraction of sp³-hybridized carbons (Fsp3) is 0.929. The Kier molecular flexibility index (Phi) is 4.98. The zero-order valence-corrected chi connectivity index (χ0v) is 12.9. The molecular formula is C14H27NO4. The standard InChI is InChI=1S/C14H27NO4/c1-7-10-12(19-14(5,6)17-10)9(15)8-11(16)18-13(2,3)4/h9-10,12H,7-8,15H2,1-6H3/t9-,10+,12-/m0/s1. The normalized spacial score (nSPS) is 28.2. The summed E-state index contributed by atoms with van der Waals surface area (Å²) < 4.78 is 16.8. The molecular weight excluding hydrogens is 246 g/mol. The lowest BCUT2D eigenvalue weighted by molar-refractivity contribution is -0.159. The number of carbonyl (C=O) groups excluding carboxylic acids is 1. The predicted molar refractivity (Wildman–Crippen MR) is 72.6 cm³/mol. The molecule has 0 amide bonds. The van der Waals surface area contributed by atoms with E-state index in [1.54, 1.807) is 0 Å². The van der Waals surface area contributed by atoms with Gasteiger partial charge in [0, 0.05) is 6.04 Å². The van der Waals surface area contributed by atoms with Crippen molar-refractivity contribution in [2.45, 2.75) is 84.0 Å². The van der Waals surface area contributed by atoms with Crippen molar-refractivity contribution in [2.75, 3.05) is 0 Å². The molecule has 19 heavy (non-hydrogen) atoms. The highest BCUT2D eigenvalue weighted by molar-refractivity contribution is 5.70. The molecule has 1 heterocycles. The maximum Gasteiger partial charge on any atom is 0.307 e. The molecule has 0 aromatic rings. The molecule has 2 N–H and O–H groups in total. The van der Waals surface area contributed by atoms with Crippen LogP contribution in [0.2, 0.25) is 0 Å². The number of carbonyl (C=O) groups is 1. The van der Waals surface area contributed by atoms with Crippen molar-refractivity contribution >= 4 is 5.97 Å². The van der Waals surface area contributed by atoms with Gasteiger partial charge in [-0.25, -0.2) is 0 Å². The van der Waals surface area contributed by atoms with Crippen molar-refractivity contribution in [3.05, 3.63) is 0 Å². The Balaban J connectivity index is 2.58. The monoisotopic (exact) mass is 273 g/mol. The average molecular weight is 273 g/mol. The molecule has 0 saturated carbocycles. The van der Waals surface area contributed by atoms with E-state index in [1.165, 1.54) is 0 Å². The Morgan fingerprint density at radius 1 is 1.37 bits per heavy atom. The van der Waals surface area contributed by atoms with Crippen LogP contribution in [0.1, 0.15) is 54.4 Å². The van der Waals surface area contributed by atoms with Gasteiger partial charge in [-0.1, -0.05) is 6.92 Å². The minimum Gasteiger partial charge on any atom is -0.460 e. The third-order valence-corrected chi connectivity index (χ3v) is 2.87. The van der Waals surface area contributed by atoms with Gasteiger partial charge in [0.25, 0.3) is 0 Å². The molecule has 1 rings (SSSR count). The minimum absolute atomic E-state index is 0.0764. The molecule has 1 saturated heterocycles. The predicted octanol–water partition coefficient (Wildman–Crippen LogP) is 1.98. The average Bonchev–Trinajstić information content (AvgIpc) is 2.50. The van der Waals surface area contributed by atoms with Gasteiger partial charge in [0.2, 0.25) is 0 Å². The molecule has 0 aromatic carbocycles. The molecule has 3 atom stereocenters. The lowest BCUT2D eigenvalue weighted by Gasteiger charge is -2.25. The summed E-state index contributed by atoms with van der Waals surface area (Å²) in [6, 6.07) is -0.415. The molecule has 1 aliphatic heterocycles. The number of hydrogen-bond donors (Lipinski definition) is 1. The van der Waals surface area contributed by atoms with Crippen molar-refractivity contribution < 1.29 is 19.0 Å². The van der Waals surface area contributed by atoms with Gasteiger partial charge >= 0.3 is 5.97 Å². The van der Waals surface area contributed by atoms with Crippen molar-refractivity contribution in [1.29, 1.82) is 0 Å². The second kappa shape index (κ2) is 5.77. The lowest BCUT2D eigenvalue weighted by Crippen LogP contribution is -2.43. The molecule has 5 nitrogen and oxygen atoms in total. The Hall–Kier alpha value is -0.650. The van der Waals surface area contributed by atoms with E-state index in [4.69, 9.17) is 19.9 Å². The van der Waals surface area contributed by atoms with Crippen LogP contribution in [-0.2, 0) is 19.0 Å². The van der Waals surface area contributed by atoms with Gasteiger partial charge in [0.15, 0.2) is 5.79 Å². The summed E-state index contributed by atoms with van der Waals surface area (Å²) in [5.74, 6) is -0.945. The van der Waals surface area contributed by atoms with Gasteiger partial charge in [-0.05, 0) is 41.0 Å². The minimum atomic E-state index is -0.642. The van der Waals surface area contributed by atoms with Crippen molar-refractivity contribution in [3.63, 3.8) is 0 Å². The maximum absolute atomic E-state index is 11.8. The number of ether oxygens (including phenoxy) is 3. The van der Waals surface area contributed by atoms with Crippen LogP contribution in [0.4, 0.5) is 0 Å². The highest BCUT2D eigenvalue weighted by Gasteiger charge is 2.43. The number of nitrogens with two attached hydrogens (primary N) is 1. The van der Waals surface area contributed by atoms with E-state index in [1.807, 2.05) is 41.5 Å². The van der Waals surface area contributed by atoms with Crippen LogP contribution < -0.4 is 5.73 Å². The van der Waals surface area contributed by atoms with Crippen molar-refractivity contribution in [3.8, 4) is 0 Å². The van der Waals surface area contributed by atoms with Gasteiger partial charge in [-0.2, -0.15) is 0 Å². The Labute approximate surface area is 115 Å². The van der Waals surface area contributed by atoms with Crippen LogP contribution in [0.25, 0.3) is 0 Å². The lowest BCUT2D eigenvalue weighted by atomic mass is 10.0. The maximum atomic E-state index is 11.8. The number of rotatable bonds is 4. The van der Waals surface area contributed by atoms with E-state index >= 15 is 0 Å². The van der Waals surface area contributed by atoms with Crippen molar-refractivity contribution in [2.24, 2.45) is 5.73 Å². The smallest absolute Gasteiger partial charge is 0.307 e. The molecule has 5 heteroatoms. The Morgan fingerprint density at radius 3 is 2.42 bits per heavy atom. The number of hydrogen-bond acceptors (Lipinski definition) is 5. The molecule has 112 valence electrons. The molecule has 0 bridgehead atoms. The van der Waals surface area contributed by atoms with Crippen LogP contribution in [0, 0.1) is 0 Å². The summed E-state index contributed by atoms with van der Waals surface area (Å²) in [6.07, 6.45) is 0.591. The van der Waals surface area contributed by atoms with E-state index in [2.05, 4.69) is 0 Å². The first-order chi connectivity index (χ1) is 8.54. The van der Waals surface area contributed by atoms with Crippen LogP contribution in [0.5, 0.6) is 0 Å². The molecule has 0 spiro atoms. The third kappa shape index (κ3) is 5.09. The van der Waals surface area contributed by atoms with Gasteiger partial charge in [0.1, 0.15) is 11.7 Å². The number of esters is 1.